The number of esters is 1. The molecule has 0 aromatic carbocycles. The maximum absolute atomic E-state index is 13.1. The monoisotopic (exact) mass is 348 g/mol. The zero-order chi connectivity index (χ0) is 15.5. The van der Waals surface area contributed by atoms with Crippen molar-refractivity contribution >= 4 is 16.1 Å². The first-order valence-electron chi connectivity index (χ1n) is 7.13. The second-order valence-corrected chi connectivity index (χ2v) is 8.43. The van der Waals surface area contributed by atoms with E-state index in [9.17, 15) is 22.0 Å². The fourth-order valence-corrected chi connectivity index (χ4v) is 4.95. The van der Waals surface area contributed by atoms with Crippen LogP contribution in [0.1, 0.15) is 40.0 Å². The summed E-state index contributed by atoms with van der Waals surface area (Å²) < 4.78 is 60.4. The van der Waals surface area contributed by atoms with Gasteiger partial charge in [0, 0.05) is 0 Å². The van der Waals surface area contributed by atoms with Gasteiger partial charge >= 0.3 is 50.9 Å². The van der Waals surface area contributed by atoms with Gasteiger partial charge in [-0.05, 0) is 56.3 Å². The van der Waals surface area contributed by atoms with E-state index in [-0.39, 0.29) is 31.0 Å². The molecule has 5 nitrogen and oxygen atoms in total. The molecule has 0 aromatic rings. The molecule has 0 saturated heterocycles. The molecule has 0 aliphatic heterocycles. The smallest absolute Gasteiger partial charge is 1.00 e. The molecule has 122 valence electrons. The summed E-state index contributed by atoms with van der Waals surface area (Å²) >= 11 is 0. The van der Waals surface area contributed by atoms with Crippen LogP contribution in [0.5, 0.6) is 0 Å². The van der Waals surface area contributed by atoms with Gasteiger partial charge in [0.05, 0.1) is 5.41 Å². The Morgan fingerprint density at radius 3 is 1.95 bits per heavy atom. The van der Waals surface area contributed by atoms with E-state index in [0.717, 1.165) is 19.3 Å². The van der Waals surface area contributed by atoms with Crippen LogP contribution in [0.15, 0.2) is 0 Å². The standard InChI is InChI=1S/C13H18F2O5S.Na.H/c14-13(15,21(17,18)19)7-20-11(16)12-4-8-1-9(5-12)3-10(2-8)6-12;;/h8-10H,1-7H2,(H,17,18,19);;/q;+1;-1. The molecule has 4 aliphatic carbocycles. The minimum atomic E-state index is -5.56. The third kappa shape index (κ3) is 3.22. The van der Waals surface area contributed by atoms with Crippen LogP contribution in [0.2, 0.25) is 0 Å². The first-order chi connectivity index (χ1) is 9.61. The number of hydrogen-bond donors (Lipinski definition) is 1. The van der Waals surface area contributed by atoms with E-state index in [2.05, 4.69) is 4.74 Å². The third-order valence-electron chi connectivity index (χ3n) is 5.22. The quantitative estimate of drug-likeness (QED) is 0.415. The summed E-state index contributed by atoms with van der Waals surface area (Å²) in [5.74, 6) is 0.618. The van der Waals surface area contributed by atoms with Crippen molar-refractivity contribution in [3.05, 3.63) is 0 Å². The molecule has 0 heterocycles. The first kappa shape index (κ1) is 18.6. The summed E-state index contributed by atoms with van der Waals surface area (Å²) in [6.45, 7) is -1.62. The average molecular weight is 348 g/mol. The predicted molar refractivity (Wildman–Crippen MR) is 69.2 cm³/mol. The van der Waals surface area contributed by atoms with Gasteiger partial charge in [0.2, 0.25) is 0 Å². The molecule has 0 atom stereocenters. The van der Waals surface area contributed by atoms with E-state index in [1.807, 2.05) is 0 Å². The first-order valence-corrected chi connectivity index (χ1v) is 8.57. The summed E-state index contributed by atoms with van der Waals surface area (Å²) in [6, 6.07) is 0. The predicted octanol–water partition coefficient (Wildman–Crippen LogP) is -0.657. The second-order valence-electron chi connectivity index (χ2n) is 6.89. The van der Waals surface area contributed by atoms with Crippen molar-refractivity contribution in [1.82, 2.24) is 0 Å². The van der Waals surface area contributed by atoms with Crippen molar-refractivity contribution in [2.75, 3.05) is 6.61 Å². The van der Waals surface area contributed by atoms with Crippen molar-refractivity contribution in [3.8, 4) is 0 Å². The van der Waals surface area contributed by atoms with Crippen molar-refractivity contribution < 1.29 is 62.3 Å². The van der Waals surface area contributed by atoms with Gasteiger partial charge in [0.1, 0.15) is 0 Å². The van der Waals surface area contributed by atoms with Gasteiger partial charge in [0.25, 0.3) is 0 Å². The number of halogens is 2. The molecule has 0 aromatic heterocycles. The van der Waals surface area contributed by atoms with Crippen molar-refractivity contribution in [2.24, 2.45) is 23.2 Å². The summed E-state index contributed by atoms with van der Waals surface area (Å²) in [4.78, 5) is 12.2. The second kappa shape index (κ2) is 5.95. The SMILES string of the molecule is O=C(OCC(F)(F)S(=O)(=O)O)C12CC3CC(CC(C3)C1)C2.[H-].[Na+]. The van der Waals surface area contributed by atoms with Gasteiger partial charge in [-0.1, -0.05) is 0 Å². The maximum Gasteiger partial charge on any atom is 1.00 e. The Balaban J connectivity index is 0.00000132. The topological polar surface area (TPSA) is 80.7 Å². The van der Waals surface area contributed by atoms with Crippen LogP contribution in [0.4, 0.5) is 8.78 Å². The fraction of sp³-hybridized carbons (Fsp3) is 0.923. The van der Waals surface area contributed by atoms with E-state index in [1.54, 1.807) is 0 Å². The minimum absolute atomic E-state index is 0. The summed E-state index contributed by atoms with van der Waals surface area (Å²) in [5.41, 5.74) is -0.718. The Bertz CT molecular complexity index is 533. The summed E-state index contributed by atoms with van der Waals surface area (Å²) in [6.07, 6.45) is 5.22. The van der Waals surface area contributed by atoms with Crippen LogP contribution in [0.3, 0.4) is 0 Å². The zero-order valence-corrected chi connectivity index (χ0v) is 15.2. The van der Waals surface area contributed by atoms with Crippen LogP contribution in [0.25, 0.3) is 0 Å². The molecule has 22 heavy (non-hydrogen) atoms. The van der Waals surface area contributed by atoms with Crippen LogP contribution >= 0.6 is 0 Å². The number of hydrogen-bond acceptors (Lipinski definition) is 4. The van der Waals surface area contributed by atoms with E-state index < -0.39 is 33.4 Å². The van der Waals surface area contributed by atoms with Gasteiger partial charge in [-0.25, -0.2) is 0 Å². The molecule has 0 radical (unpaired) electrons. The Labute approximate surface area is 151 Å². The Kier molecular flexibility index (Phi) is 5.02. The van der Waals surface area contributed by atoms with E-state index >= 15 is 0 Å². The number of carbonyl (C=O) groups excluding carboxylic acids is 1. The van der Waals surface area contributed by atoms with Crippen LogP contribution in [0, 0.1) is 23.2 Å². The largest absolute Gasteiger partial charge is 1.00 e. The molecule has 4 rings (SSSR count). The molecule has 1 N–H and O–H groups in total. The van der Waals surface area contributed by atoms with Gasteiger partial charge in [-0.2, -0.15) is 17.2 Å². The molecular formula is C13H19F2NaO5S. The fourth-order valence-electron chi connectivity index (χ4n) is 4.74. The third-order valence-corrected chi connectivity index (χ3v) is 6.09. The normalized spacial score (nSPS) is 36.8. The van der Waals surface area contributed by atoms with Crippen molar-refractivity contribution in [2.45, 2.75) is 43.8 Å². The molecule has 4 fully saturated rings. The minimum Gasteiger partial charge on any atom is -1.00 e. The Morgan fingerprint density at radius 1 is 1.18 bits per heavy atom. The van der Waals surface area contributed by atoms with Crippen LogP contribution in [-0.4, -0.2) is 30.8 Å². The number of carbonyl (C=O) groups is 1. The van der Waals surface area contributed by atoms with Gasteiger partial charge in [-0.3, -0.25) is 9.35 Å². The molecular weight excluding hydrogens is 329 g/mol. The molecule has 4 aliphatic rings. The average Bonchev–Trinajstić information content (AvgIpc) is 2.32. The summed E-state index contributed by atoms with van der Waals surface area (Å²) in [5, 5.41) is -4.45. The van der Waals surface area contributed by atoms with Gasteiger partial charge in [0.15, 0.2) is 6.61 Å². The molecule has 0 unspecified atom stereocenters. The molecule has 9 heteroatoms. The Hall–Kier alpha value is 0.240. The Morgan fingerprint density at radius 2 is 1.59 bits per heavy atom. The van der Waals surface area contributed by atoms with Crippen molar-refractivity contribution in [1.29, 1.82) is 0 Å². The number of alkyl halides is 2. The summed E-state index contributed by atoms with van der Waals surface area (Å²) in [7, 11) is -5.56. The molecule has 4 bridgehead atoms. The maximum atomic E-state index is 13.1. The van der Waals surface area contributed by atoms with E-state index in [1.165, 1.54) is 0 Å². The van der Waals surface area contributed by atoms with E-state index in [4.69, 9.17) is 4.55 Å². The van der Waals surface area contributed by atoms with Crippen LogP contribution in [-0.2, 0) is 19.6 Å². The zero-order valence-electron chi connectivity index (χ0n) is 13.4. The van der Waals surface area contributed by atoms with Crippen molar-refractivity contribution in [3.63, 3.8) is 0 Å². The van der Waals surface area contributed by atoms with E-state index in [0.29, 0.717) is 37.0 Å². The number of rotatable bonds is 4. The molecule has 4 saturated carbocycles. The van der Waals surface area contributed by atoms with Gasteiger partial charge < -0.3 is 6.16 Å². The van der Waals surface area contributed by atoms with Gasteiger partial charge in [-0.15, -0.1) is 0 Å². The number of ether oxygens (including phenoxy) is 1. The van der Waals surface area contributed by atoms with Crippen LogP contribution < -0.4 is 29.6 Å². The molecule has 0 spiro atoms. The molecule has 0 amide bonds.